The summed E-state index contributed by atoms with van der Waals surface area (Å²) in [5, 5.41) is 3.20. The fourth-order valence-corrected chi connectivity index (χ4v) is 3.58. The Morgan fingerprint density at radius 2 is 1.67 bits per heavy atom. The number of aryl methyl sites for hydroxylation is 1. The molecular formula is C24H23NO2. The largest absolute Gasteiger partial charge is 0.489 e. The summed E-state index contributed by atoms with van der Waals surface area (Å²) in [6.07, 6.45) is 3.20. The second kappa shape index (κ2) is 8.09. The summed E-state index contributed by atoms with van der Waals surface area (Å²) in [7, 11) is 0. The number of carbonyl (C=O) groups excluding carboxylic acids is 1. The second-order valence-corrected chi connectivity index (χ2v) is 6.92. The summed E-state index contributed by atoms with van der Waals surface area (Å²) < 4.78 is 5.75. The van der Waals surface area contributed by atoms with Gasteiger partial charge < -0.3 is 10.1 Å². The zero-order valence-electron chi connectivity index (χ0n) is 15.2. The summed E-state index contributed by atoms with van der Waals surface area (Å²) in [6, 6.07) is 25.9. The quantitative estimate of drug-likeness (QED) is 0.692. The Labute approximate surface area is 160 Å². The molecule has 0 aliphatic heterocycles. The average molecular weight is 357 g/mol. The Kier molecular flexibility index (Phi) is 5.20. The van der Waals surface area contributed by atoms with Gasteiger partial charge in [-0.2, -0.15) is 0 Å². The molecule has 1 N–H and O–H groups in total. The van der Waals surface area contributed by atoms with Gasteiger partial charge in [-0.05, 0) is 60.2 Å². The van der Waals surface area contributed by atoms with Crippen molar-refractivity contribution in [1.82, 2.24) is 5.32 Å². The van der Waals surface area contributed by atoms with Gasteiger partial charge in [0.05, 0.1) is 6.04 Å². The van der Waals surface area contributed by atoms with Gasteiger partial charge in [-0.25, -0.2) is 0 Å². The maximum absolute atomic E-state index is 12.7. The van der Waals surface area contributed by atoms with E-state index in [1.54, 1.807) is 0 Å². The molecule has 0 heterocycles. The Bertz CT molecular complexity index is 903. The molecule has 3 aromatic carbocycles. The standard InChI is InChI=1S/C24H23NO2/c26-24(25-23-12-6-8-19-7-4-5-11-22(19)23)20-15-13-18(14-16-20)17-27-21-9-2-1-3-10-21/h1-5,7,9-11,13-16,23H,6,8,12,17H2,(H,25,26)/t23-/m1/s1. The van der Waals surface area contributed by atoms with E-state index in [2.05, 4.69) is 23.5 Å². The minimum atomic E-state index is -0.0211. The van der Waals surface area contributed by atoms with Crippen LogP contribution in [-0.4, -0.2) is 5.91 Å². The van der Waals surface area contributed by atoms with Crippen LogP contribution in [0.3, 0.4) is 0 Å². The molecule has 3 heteroatoms. The van der Waals surface area contributed by atoms with E-state index in [1.807, 2.05) is 60.7 Å². The van der Waals surface area contributed by atoms with Gasteiger partial charge in [0.2, 0.25) is 0 Å². The van der Waals surface area contributed by atoms with Crippen molar-refractivity contribution in [1.29, 1.82) is 0 Å². The number of carbonyl (C=O) groups is 1. The van der Waals surface area contributed by atoms with E-state index in [-0.39, 0.29) is 11.9 Å². The molecule has 1 amide bonds. The average Bonchev–Trinajstić information content (AvgIpc) is 2.74. The highest BCUT2D eigenvalue weighted by molar-refractivity contribution is 5.94. The monoisotopic (exact) mass is 357 g/mol. The third-order valence-electron chi connectivity index (χ3n) is 5.04. The fourth-order valence-electron chi connectivity index (χ4n) is 3.58. The molecule has 0 spiro atoms. The molecule has 27 heavy (non-hydrogen) atoms. The van der Waals surface area contributed by atoms with Gasteiger partial charge in [0.1, 0.15) is 12.4 Å². The summed E-state index contributed by atoms with van der Waals surface area (Å²) >= 11 is 0. The number of benzene rings is 3. The first-order chi connectivity index (χ1) is 13.3. The number of para-hydroxylation sites is 1. The Morgan fingerprint density at radius 3 is 2.48 bits per heavy atom. The number of fused-ring (bicyclic) bond motifs is 1. The Morgan fingerprint density at radius 1 is 0.926 bits per heavy atom. The lowest BCUT2D eigenvalue weighted by molar-refractivity contribution is 0.0932. The minimum Gasteiger partial charge on any atom is -0.489 e. The van der Waals surface area contributed by atoms with Crippen LogP contribution < -0.4 is 10.1 Å². The van der Waals surface area contributed by atoms with Crippen molar-refractivity contribution in [3.05, 3.63) is 101 Å². The molecule has 0 saturated carbocycles. The minimum absolute atomic E-state index is 0.0211. The molecule has 136 valence electrons. The van der Waals surface area contributed by atoms with Crippen LogP contribution in [0.1, 0.15) is 45.9 Å². The van der Waals surface area contributed by atoms with Gasteiger partial charge >= 0.3 is 0 Å². The molecule has 1 atom stereocenters. The van der Waals surface area contributed by atoms with Crippen molar-refractivity contribution < 1.29 is 9.53 Å². The van der Waals surface area contributed by atoms with Crippen LogP contribution in [0.25, 0.3) is 0 Å². The Balaban J connectivity index is 1.38. The first-order valence-electron chi connectivity index (χ1n) is 9.45. The highest BCUT2D eigenvalue weighted by Crippen LogP contribution is 2.29. The van der Waals surface area contributed by atoms with Crippen molar-refractivity contribution in [3.63, 3.8) is 0 Å². The van der Waals surface area contributed by atoms with E-state index in [0.717, 1.165) is 30.6 Å². The lowest BCUT2D eigenvalue weighted by Crippen LogP contribution is -2.30. The Hall–Kier alpha value is -3.07. The van der Waals surface area contributed by atoms with Crippen molar-refractivity contribution in [2.24, 2.45) is 0 Å². The van der Waals surface area contributed by atoms with E-state index >= 15 is 0 Å². The zero-order chi connectivity index (χ0) is 18.5. The van der Waals surface area contributed by atoms with Crippen LogP contribution >= 0.6 is 0 Å². The second-order valence-electron chi connectivity index (χ2n) is 6.92. The fraction of sp³-hybridized carbons (Fsp3) is 0.208. The molecule has 3 nitrogen and oxygen atoms in total. The molecule has 4 rings (SSSR count). The maximum Gasteiger partial charge on any atom is 0.251 e. The van der Waals surface area contributed by atoms with Gasteiger partial charge in [-0.3, -0.25) is 4.79 Å². The van der Waals surface area contributed by atoms with Gasteiger partial charge in [0.25, 0.3) is 5.91 Å². The highest BCUT2D eigenvalue weighted by Gasteiger charge is 2.21. The van der Waals surface area contributed by atoms with Crippen molar-refractivity contribution in [3.8, 4) is 5.75 Å². The molecule has 0 saturated heterocycles. The van der Waals surface area contributed by atoms with E-state index in [9.17, 15) is 4.79 Å². The zero-order valence-corrected chi connectivity index (χ0v) is 15.2. The molecule has 0 radical (unpaired) electrons. The van der Waals surface area contributed by atoms with Crippen LogP contribution in [-0.2, 0) is 13.0 Å². The van der Waals surface area contributed by atoms with Gasteiger partial charge in [0.15, 0.2) is 0 Å². The molecular weight excluding hydrogens is 334 g/mol. The van der Waals surface area contributed by atoms with Gasteiger partial charge in [-0.1, -0.05) is 54.6 Å². The van der Waals surface area contributed by atoms with Crippen molar-refractivity contribution in [2.45, 2.75) is 31.9 Å². The van der Waals surface area contributed by atoms with E-state index < -0.39 is 0 Å². The normalized spacial score (nSPS) is 15.6. The van der Waals surface area contributed by atoms with Crippen LogP contribution in [0.5, 0.6) is 5.75 Å². The molecule has 0 fully saturated rings. The topological polar surface area (TPSA) is 38.3 Å². The molecule has 0 aromatic heterocycles. The summed E-state index contributed by atoms with van der Waals surface area (Å²) in [6.45, 7) is 0.488. The molecule has 0 bridgehead atoms. The maximum atomic E-state index is 12.7. The van der Waals surface area contributed by atoms with Crippen LogP contribution in [0.4, 0.5) is 0 Å². The smallest absolute Gasteiger partial charge is 0.251 e. The lowest BCUT2D eigenvalue weighted by Gasteiger charge is -2.26. The lowest BCUT2D eigenvalue weighted by atomic mass is 9.87. The number of hydrogen-bond acceptors (Lipinski definition) is 2. The van der Waals surface area contributed by atoms with Gasteiger partial charge in [0, 0.05) is 5.56 Å². The number of rotatable bonds is 5. The van der Waals surface area contributed by atoms with Crippen LogP contribution in [0.2, 0.25) is 0 Å². The van der Waals surface area contributed by atoms with Crippen LogP contribution in [0, 0.1) is 0 Å². The SMILES string of the molecule is O=C(N[C@@H]1CCCc2ccccc21)c1ccc(COc2ccccc2)cc1. The first-order valence-corrected chi connectivity index (χ1v) is 9.45. The summed E-state index contributed by atoms with van der Waals surface area (Å²) in [5.41, 5.74) is 4.33. The summed E-state index contributed by atoms with van der Waals surface area (Å²) in [5.74, 6) is 0.822. The first kappa shape index (κ1) is 17.3. The third kappa shape index (κ3) is 4.20. The molecule has 1 aliphatic carbocycles. The number of nitrogens with one attached hydrogen (secondary N) is 1. The third-order valence-corrected chi connectivity index (χ3v) is 5.04. The van der Waals surface area contributed by atoms with Crippen LogP contribution in [0.15, 0.2) is 78.9 Å². The number of ether oxygens (including phenoxy) is 1. The predicted octanol–water partition coefficient (Wildman–Crippen LogP) is 5.07. The van der Waals surface area contributed by atoms with E-state index in [0.29, 0.717) is 12.2 Å². The number of amides is 1. The number of hydrogen-bond donors (Lipinski definition) is 1. The van der Waals surface area contributed by atoms with Gasteiger partial charge in [-0.15, -0.1) is 0 Å². The van der Waals surface area contributed by atoms with E-state index in [4.69, 9.17) is 4.74 Å². The molecule has 3 aromatic rings. The predicted molar refractivity (Wildman–Crippen MR) is 107 cm³/mol. The highest BCUT2D eigenvalue weighted by atomic mass is 16.5. The summed E-state index contributed by atoms with van der Waals surface area (Å²) in [4.78, 5) is 12.7. The van der Waals surface area contributed by atoms with Crippen molar-refractivity contribution >= 4 is 5.91 Å². The molecule has 0 unspecified atom stereocenters. The van der Waals surface area contributed by atoms with Crippen molar-refractivity contribution in [2.75, 3.05) is 0 Å². The molecule has 1 aliphatic rings. The van der Waals surface area contributed by atoms with E-state index in [1.165, 1.54) is 11.1 Å².